The Balaban J connectivity index is 1.87. The largest absolute Gasteiger partial charge is 0.507 e. The molecule has 3 aliphatic rings. The van der Waals surface area contributed by atoms with Gasteiger partial charge < -0.3 is 27.0 Å². The fraction of sp³-hybridized carbons (Fsp3) is 0.455. The lowest BCUT2D eigenvalue weighted by molar-refractivity contribution is -0.181. The molecular weight excluding hydrogens is 464 g/mol. The fourth-order valence-electron chi connectivity index (χ4n) is 5.85. The van der Waals surface area contributed by atoms with Crippen LogP contribution in [-0.2, 0) is 25.6 Å². The Kier molecular flexibility index (Phi) is 5.58. The van der Waals surface area contributed by atoms with Crippen LogP contribution < -0.4 is 16.8 Å². The third-order valence-corrected chi connectivity index (χ3v) is 7.30. The standard InChI is InChI=1S/C22H24N4O7S/c1-26(2)15-9-6-7-5-8-10(25-21(24)34)3-4-11(27)13(8)16(28)12(7)18(30)22(9,33)19(31)14(17(15)29)20(23)32/h3-4,7,9,12,14-15,27,33H,5-6H2,1-2H3,(H2,23,32)(H3,24,25,34)/t7?,9?,12?,14?,15-,22-/m0/s1. The van der Waals surface area contributed by atoms with Gasteiger partial charge >= 0.3 is 0 Å². The number of phenolic OH excluding ortho intramolecular Hbond substituents is 1. The molecule has 0 aromatic heterocycles. The topological polar surface area (TPSA) is 193 Å². The number of nitrogens with two attached hydrogens (primary N) is 2. The van der Waals surface area contributed by atoms with Gasteiger partial charge in [-0.15, -0.1) is 0 Å². The Morgan fingerprint density at radius 2 is 1.82 bits per heavy atom. The van der Waals surface area contributed by atoms with E-state index in [1.807, 2.05) is 0 Å². The van der Waals surface area contributed by atoms with Crippen LogP contribution in [0.15, 0.2) is 12.1 Å². The van der Waals surface area contributed by atoms with Crippen LogP contribution in [0.25, 0.3) is 0 Å². The minimum atomic E-state index is -2.75. The summed E-state index contributed by atoms with van der Waals surface area (Å²) in [6.45, 7) is 0. The van der Waals surface area contributed by atoms with Crippen molar-refractivity contribution < 1.29 is 34.2 Å². The molecule has 12 heteroatoms. The Bertz CT molecular complexity index is 1180. The van der Waals surface area contributed by atoms with Crippen molar-refractivity contribution in [2.75, 3.05) is 19.4 Å². The summed E-state index contributed by atoms with van der Waals surface area (Å²) in [6, 6.07) is 1.59. The number of carbonyl (C=O) groups is 5. The molecule has 6 atom stereocenters. The van der Waals surface area contributed by atoms with Gasteiger partial charge in [0.05, 0.1) is 17.5 Å². The number of nitrogens with one attached hydrogen (secondary N) is 1. The van der Waals surface area contributed by atoms with E-state index in [0.717, 1.165) is 0 Å². The number of likely N-dealkylation sites (N-methyl/N-ethyl adjacent to an activating group) is 1. The van der Waals surface area contributed by atoms with Crippen LogP contribution in [0, 0.1) is 23.7 Å². The number of benzene rings is 1. The number of amides is 1. The van der Waals surface area contributed by atoms with Gasteiger partial charge in [0.25, 0.3) is 0 Å². The summed E-state index contributed by atoms with van der Waals surface area (Å²) in [5.74, 6) is -10.9. The van der Waals surface area contributed by atoms with Crippen LogP contribution in [0.1, 0.15) is 22.3 Å². The molecule has 1 amide bonds. The number of fused-ring (bicyclic) bond motifs is 3. The van der Waals surface area contributed by atoms with Crippen LogP contribution in [-0.4, -0.2) is 75.0 Å². The van der Waals surface area contributed by atoms with Crippen LogP contribution in [0.3, 0.4) is 0 Å². The Labute approximate surface area is 199 Å². The van der Waals surface area contributed by atoms with E-state index in [9.17, 15) is 34.2 Å². The lowest BCUT2D eigenvalue weighted by atomic mass is 9.52. The highest BCUT2D eigenvalue weighted by Crippen LogP contribution is 2.51. The van der Waals surface area contributed by atoms with Crippen molar-refractivity contribution in [2.45, 2.75) is 24.5 Å². The van der Waals surface area contributed by atoms with Gasteiger partial charge in [-0.3, -0.25) is 28.9 Å². The van der Waals surface area contributed by atoms with Gasteiger partial charge in [0, 0.05) is 11.6 Å². The predicted molar refractivity (Wildman–Crippen MR) is 122 cm³/mol. The van der Waals surface area contributed by atoms with E-state index < -0.39 is 64.4 Å². The van der Waals surface area contributed by atoms with E-state index in [1.165, 1.54) is 31.1 Å². The highest BCUT2D eigenvalue weighted by Gasteiger charge is 2.69. The predicted octanol–water partition coefficient (Wildman–Crippen LogP) is -1.48. The zero-order chi connectivity index (χ0) is 25.3. The highest BCUT2D eigenvalue weighted by atomic mass is 32.1. The molecule has 0 aliphatic heterocycles. The van der Waals surface area contributed by atoms with Crippen molar-refractivity contribution >= 4 is 52.1 Å². The number of nitrogens with zero attached hydrogens (tertiary/aromatic N) is 1. The van der Waals surface area contributed by atoms with Crippen molar-refractivity contribution in [3.05, 3.63) is 23.3 Å². The maximum atomic E-state index is 13.7. The normalized spacial score (nSPS) is 32.6. The van der Waals surface area contributed by atoms with Gasteiger partial charge in [0.15, 0.2) is 39.8 Å². The number of primary amides is 1. The van der Waals surface area contributed by atoms with Crippen molar-refractivity contribution in [1.29, 1.82) is 0 Å². The Morgan fingerprint density at radius 1 is 1.18 bits per heavy atom. The average Bonchev–Trinajstić information content (AvgIpc) is 2.72. The zero-order valence-corrected chi connectivity index (χ0v) is 19.2. The third-order valence-electron chi connectivity index (χ3n) is 7.20. The quantitative estimate of drug-likeness (QED) is 0.189. The number of Topliss-reactive ketones (excluding diaryl/α,β-unsaturated/α-hetero) is 4. The lowest BCUT2D eigenvalue weighted by Gasteiger charge is -2.52. The summed E-state index contributed by atoms with van der Waals surface area (Å²) in [4.78, 5) is 66.7. The van der Waals surface area contributed by atoms with E-state index >= 15 is 0 Å². The lowest BCUT2D eigenvalue weighted by Crippen LogP contribution is -2.74. The molecule has 11 nitrogen and oxygen atoms in total. The Morgan fingerprint density at radius 3 is 2.38 bits per heavy atom. The van der Waals surface area contributed by atoms with Crippen LogP contribution in [0.2, 0.25) is 0 Å². The number of rotatable bonds is 3. The first-order chi connectivity index (χ1) is 15.8. The van der Waals surface area contributed by atoms with Gasteiger partial charge in [-0.1, -0.05) is 0 Å². The monoisotopic (exact) mass is 488 g/mol. The van der Waals surface area contributed by atoms with Crippen LogP contribution in [0.4, 0.5) is 5.69 Å². The molecule has 4 unspecified atom stereocenters. The SMILES string of the molecule is CN(C)[C@@H]1C(=O)C(C(N)=O)C(=O)[C@@]2(O)C(=O)C3C(=O)c4c(O)ccc(NC(N)=S)c4CC3CC12. The molecule has 180 valence electrons. The minimum Gasteiger partial charge on any atom is -0.507 e. The minimum absolute atomic E-state index is 0.0357. The molecule has 0 heterocycles. The number of aliphatic hydroxyl groups is 1. The average molecular weight is 489 g/mol. The number of phenols is 1. The molecule has 34 heavy (non-hydrogen) atoms. The molecule has 1 aromatic rings. The van der Waals surface area contributed by atoms with Crippen molar-refractivity contribution in [3.63, 3.8) is 0 Å². The summed E-state index contributed by atoms with van der Waals surface area (Å²) >= 11 is 4.89. The smallest absolute Gasteiger partial charge is 0.235 e. The van der Waals surface area contributed by atoms with Crippen molar-refractivity contribution in [1.82, 2.24) is 4.90 Å². The van der Waals surface area contributed by atoms with E-state index in [-0.39, 0.29) is 29.3 Å². The molecule has 0 radical (unpaired) electrons. The van der Waals surface area contributed by atoms with Crippen LogP contribution in [0.5, 0.6) is 5.75 Å². The van der Waals surface area contributed by atoms with Crippen molar-refractivity contribution in [2.24, 2.45) is 35.1 Å². The highest BCUT2D eigenvalue weighted by molar-refractivity contribution is 7.80. The van der Waals surface area contributed by atoms with Crippen LogP contribution >= 0.6 is 12.2 Å². The number of anilines is 1. The maximum Gasteiger partial charge on any atom is 0.235 e. The maximum absolute atomic E-state index is 13.7. The number of aromatic hydroxyl groups is 1. The first-order valence-corrected chi connectivity index (χ1v) is 11.0. The molecule has 0 spiro atoms. The Hall–Kier alpha value is -3.22. The van der Waals surface area contributed by atoms with Gasteiger partial charge in [-0.05, 0) is 62.8 Å². The molecule has 1 aromatic carbocycles. The summed E-state index contributed by atoms with van der Waals surface area (Å²) in [6.07, 6.45) is 0.0806. The number of ketones is 4. The molecule has 3 aliphatic carbocycles. The number of hydrogen-bond donors (Lipinski definition) is 5. The summed E-state index contributed by atoms with van der Waals surface area (Å²) in [5, 5.41) is 24.6. The van der Waals surface area contributed by atoms with E-state index in [2.05, 4.69) is 5.32 Å². The molecule has 0 saturated heterocycles. The molecular formula is C22H24N4O7S. The summed E-state index contributed by atoms with van der Waals surface area (Å²) in [7, 11) is 3.05. The first-order valence-electron chi connectivity index (χ1n) is 10.6. The van der Waals surface area contributed by atoms with Gasteiger partial charge in [-0.2, -0.15) is 0 Å². The molecule has 2 saturated carbocycles. The number of carbonyl (C=O) groups excluding carboxylic acids is 5. The van der Waals surface area contributed by atoms with E-state index in [4.69, 9.17) is 23.7 Å². The van der Waals surface area contributed by atoms with Gasteiger partial charge in [0.1, 0.15) is 5.75 Å². The zero-order valence-electron chi connectivity index (χ0n) is 18.4. The second kappa shape index (κ2) is 7.93. The van der Waals surface area contributed by atoms with Gasteiger partial charge in [-0.25, -0.2) is 0 Å². The van der Waals surface area contributed by atoms with E-state index in [0.29, 0.717) is 11.3 Å². The fourth-order valence-corrected chi connectivity index (χ4v) is 5.96. The molecule has 4 rings (SSSR count). The molecule has 0 bridgehead atoms. The molecule has 7 N–H and O–H groups in total. The third kappa shape index (κ3) is 3.16. The van der Waals surface area contributed by atoms with Gasteiger partial charge in [0.2, 0.25) is 5.91 Å². The van der Waals surface area contributed by atoms with Crippen molar-refractivity contribution in [3.8, 4) is 5.75 Å². The summed E-state index contributed by atoms with van der Waals surface area (Å²) < 4.78 is 0. The summed E-state index contributed by atoms with van der Waals surface area (Å²) in [5.41, 5.74) is 8.76. The van der Waals surface area contributed by atoms with E-state index in [1.54, 1.807) is 0 Å². The number of hydrogen-bond acceptors (Lipinski definition) is 9. The molecule has 2 fully saturated rings. The first kappa shape index (κ1) is 23.9. The number of thiocarbonyl (C=S) groups is 1. The second-order valence-electron chi connectivity index (χ2n) is 9.26. The second-order valence-corrected chi connectivity index (χ2v) is 9.70.